The lowest BCUT2D eigenvalue weighted by molar-refractivity contribution is -0.130. The molecule has 0 heterocycles. The SMILES string of the molecule is CC.CCC(=O)N(C)Cc1ccc(/C(Cl)=N/O)cc1. The molecule has 0 saturated carbocycles. The first kappa shape index (κ1) is 17.4. The summed E-state index contributed by atoms with van der Waals surface area (Å²) in [5.74, 6) is 0.101. The second-order valence-electron chi connectivity index (χ2n) is 3.69. The van der Waals surface area contributed by atoms with Crippen LogP contribution >= 0.6 is 11.6 Å². The number of amides is 1. The summed E-state index contributed by atoms with van der Waals surface area (Å²) in [7, 11) is 1.77. The molecule has 0 aliphatic heterocycles. The van der Waals surface area contributed by atoms with Crippen molar-refractivity contribution in [3.63, 3.8) is 0 Å². The third-order valence-electron chi connectivity index (χ3n) is 2.43. The lowest BCUT2D eigenvalue weighted by Gasteiger charge is -2.16. The molecular weight excluding hydrogens is 264 g/mol. The van der Waals surface area contributed by atoms with Crippen molar-refractivity contribution >= 4 is 22.7 Å². The molecular formula is C14H21ClN2O2. The molecule has 1 rings (SSSR count). The minimum Gasteiger partial charge on any atom is -0.410 e. The van der Waals surface area contributed by atoms with E-state index in [0.717, 1.165) is 5.56 Å². The van der Waals surface area contributed by atoms with E-state index in [9.17, 15) is 4.79 Å². The van der Waals surface area contributed by atoms with Crippen molar-refractivity contribution < 1.29 is 10.0 Å². The first-order valence-electron chi connectivity index (χ1n) is 6.29. The lowest BCUT2D eigenvalue weighted by Crippen LogP contribution is -2.25. The maximum absolute atomic E-state index is 11.4. The van der Waals surface area contributed by atoms with Crippen LogP contribution in [0.1, 0.15) is 38.3 Å². The van der Waals surface area contributed by atoms with Crippen LogP contribution in [0, 0.1) is 0 Å². The van der Waals surface area contributed by atoms with Gasteiger partial charge >= 0.3 is 0 Å². The Bertz CT molecular complexity index is 416. The number of nitrogens with zero attached hydrogens (tertiary/aromatic N) is 2. The molecule has 0 spiro atoms. The summed E-state index contributed by atoms with van der Waals surface area (Å²) in [6, 6.07) is 7.20. The Balaban J connectivity index is 0.00000154. The predicted molar refractivity (Wildman–Crippen MR) is 78.7 cm³/mol. The third kappa shape index (κ3) is 5.75. The van der Waals surface area contributed by atoms with Crippen LogP contribution in [0.25, 0.3) is 0 Å². The molecule has 1 amide bonds. The number of carbonyl (C=O) groups is 1. The van der Waals surface area contributed by atoms with Crippen LogP contribution in [-0.4, -0.2) is 28.2 Å². The summed E-state index contributed by atoms with van der Waals surface area (Å²) in [6.45, 7) is 6.39. The second-order valence-corrected chi connectivity index (χ2v) is 4.05. The zero-order valence-electron chi connectivity index (χ0n) is 11.9. The molecule has 0 aromatic heterocycles. The van der Waals surface area contributed by atoms with Gasteiger partial charge in [0.25, 0.3) is 0 Å². The van der Waals surface area contributed by atoms with Gasteiger partial charge in [-0.2, -0.15) is 0 Å². The molecule has 106 valence electrons. The van der Waals surface area contributed by atoms with Crippen LogP contribution in [0.2, 0.25) is 0 Å². The highest BCUT2D eigenvalue weighted by molar-refractivity contribution is 6.69. The van der Waals surface area contributed by atoms with Gasteiger partial charge in [-0.1, -0.05) is 61.8 Å². The van der Waals surface area contributed by atoms with E-state index in [2.05, 4.69) is 5.16 Å². The Kier molecular flexibility index (Phi) is 8.62. The second kappa shape index (κ2) is 9.39. The number of carbonyl (C=O) groups excluding carboxylic acids is 1. The van der Waals surface area contributed by atoms with E-state index in [-0.39, 0.29) is 11.1 Å². The number of rotatable bonds is 4. The molecule has 5 heteroatoms. The highest BCUT2D eigenvalue weighted by atomic mass is 35.5. The summed E-state index contributed by atoms with van der Waals surface area (Å²) in [5.41, 5.74) is 1.64. The van der Waals surface area contributed by atoms with Crippen molar-refractivity contribution in [1.29, 1.82) is 0 Å². The molecule has 0 aliphatic rings. The van der Waals surface area contributed by atoms with Crippen LogP contribution in [-0.2, 0) is 11.3 Å². The molecule has 0 aliphatic carbocycles. The van der Waals surface area contributed by atoms with Gasteiger partial charge in [0.05, 0.1) is 0 Å². The zero-order chi connectivity index (χ0) is 14.8. The fourth-order valence-electron chi connectivity index (χ4n) is 1.44. The summed E-state index contributed by atoms with van der Waals surface area (Å²) in [4.78, 5) is 13.1. The van der Waals surface area contributed by atoms with Crippen molar-refractivity contribution in [2.24, 2.45) is 5.16 Å². The highest BCUT2D eigenvalue weighted by Gasteiger charge is 2.07. The summed E-state index contributed by atoms with van der Waals surface area (Å²) >= 11 is 5.66. The van der Waals surface area contributed by atoms with E-state index >= 15 is 0 Å². The highest BCUT2D eigenvalue weighted by Crippen LogP contribution is 2.10. The van der Waals surface area contributed by atoms with Gasteiger partial charge in [-0.05, 0) is 5.56 Å². The van der Waals surface area contributed by atoms with Crippen molar-refractivity contribution in [3.05, 3.63) is 35.4 Å². The Hall–Kier alpha value is -1.55. The Labute approximate surface area is 119 Å². The predicted octanol–water partition coefficient (Wildman–Crippen LogP) is 3.46. The van der Waals surface area contributed by atoms with Gasteiger partial charge in [0.15, 0.2) is 5.17 Å². The van der Waals surface area contributed by atoms with E-state index in [1.54, 1.807) is 24.1 Å². The van der Waals surface area contributed by atoms with E-state index in [1.807, 2.05) is 32.9 Å². The number of hydrogen-bond acceptors (Lipinski definition) is 3. The average Bonchev–Trinajstić information content (AvgIpc) is 2.48. The molecule has 1 N–H and O–H groups in total. The molecule has 1 aromatic rings. The first-order valence-corrected chi connectivity index (χ1v) is 6.67. The monoisotopic (exact) mass is 284 g/mol. The molecule has 19 heavy (non-hydrogen) atoms. The smallest absolute Gasteiger partial charge is 0.222 e. The summed E-state index contributed by atoms with van der Waals surface area (Å²) in [6.07, 6.45) is 0.498. The Morgan fingerprint density at radius 3 is 2.26 bits per heavy atom. The minimum absolute atomic E-state index is 0.0505. The van der Waals surface area contributed by atoms with Gasteiger partial charge in [0, 0.05) is 25.6 Å². The first-order chi connectivity index (χ1) is 9.08. The van der Waals surface area contributed by atoms with Crippen LogP contribution in [0.5, 0.6) is 0 Å². The fraction of sp³-hybridized carbons (Fsp3) is 0.429. The molecule has 0 radical (unpaired) electrons. The van der Waals surface area contributed by atoms with Gasteiger partial charge in [-0.15, -0.1) is 0 Å². The van der Waals surface area contributed by atoms with Crippen LogP contribution < -0.4 is 0 Å². The molecule has 0 saturated heterocycles. The average molecular weight is 285 g/mol. The maximum Gasteiger partial charge on any atom is 0.222 e. The van der Waals surface area contributed by atoms with Crippen molar-refractivity contribution in [1.82, 2.24) is 4.90 Å². The number of halogens is 1. The minimum atomic E-state index is 0.0505. The number of oxime groups is 1. The normalized spacial score (nSPS) is 10.5. The largest absolute Gasteiger partial charge is 0.410 e. The maximum atomic E-state index is 11.4. The van der Waals surface area contributed by atoms with Gasteiger partial charge in [0.2, 0.25) is 5.91 Å². The zero-order valence-corrected chi connectivity index (χ0v) is 12.6. The van der Waals surface area contributed by atoms with Crippen LogP contribution in [0.4, 0.5) is 0 Å². The summed E-state index contributed by atoms with van der Waals surface area (Å²) < 4.78 is 0. The van der Waals surface area contributed by atoms with Gasteiger partial charge in [0.1, 0.15) is 0 Å². The summed E-state index contributed by atoms with van der Waals surface area (Å²) in [5, 5.41) is 11.5. The Morgan fingerprint density at radius 2 is 1.84 bits per heavy atom. The Morgan fingerprint density at radius 1 is 1.32 bits per heavy atom. The lowest BCUT2D eigenvalue weighted by atomic mass is 10.1. The molecule has 1 aromatic carbocycles. The van der Waals surface area contributed by atoms with E-state index < -0.39 is 0 Å². The fourth-order valence-corrected chi connectivity index (χ4v) is 1.56. The van der Waals surface area contributed by atoms with Crippen LogP contribution in [0.3, 0.4) is 0 Å². The van der Waals surface area contributed by atoms with E-state index in [0.29, 0.717) is 18.5 Å². The topological polar surface area (TPSA) is 52.9 Å². The molecule has 0 atom stereocenters. The van der Waals surface area contributed by atoms with Crippen molar-refractivity contribution in [3.8, 4) is 0 Å². The van der Waals surface area contributed by atoms with E-state index in [4.69, 9.17) is 16.8 Å². The van der Waals surface area contributed by atoms with Crippen molar-refractivity contribution in [2.45, 2.75) is 33.7 Å². The third-order valence-corrected chi connectivity index (χ3v) is 2.72. The molecule has 0 fully saturated rings. The van der Waals surface area contributed by atoms with Gasteiger partial charge < -0.3 is 10.1 Å². The molecule has 4 nitrogen and oxygen atoms in total. The molecule has 0 bridgehead atoms. The standard InChI is InChI=1S/C12H15ClN2O2.C2H6/c1-3-11(16)15(2)8-9-4-6-10(7-5-9)12(13)14-17;1-2/h4-7,17H,3,8H2,1-2H3;1-2H3/b14-12-;. The van der Waals surface area contributed by atoms with E-state index in [1.165, 1.54) is 0 Å². The van der Waals surface area contributed by atoms with Gasteiger partial charge in [-0.3, -0.25) is 4.79 Å². The van der Waals surface area contributed by atoms with Gasteiger partial charge in [-0.25, -0.2) is 0 Å². The quantitative estimate of drug-likeness (QED) is 0.523. The van der Waals surface area contributed by atoms with Crippen molar-refractivity contribution in [2.75, 3.05) is 7.05 Å². The number of benzene rings is 1. The molecule has 0 unspecified atom stereocenters. The van der Waals surface area contributed by atoms with Crippen LogP contribution in [0.15, 0.2) is 29.4 Å². The number of hydrogen-bond donors (Lipinski definition) is 1.